The van der Waals surface area contributed by atoms with Gasteiger partial charge in [0.05, 0.1) is 23.8 Å². The average Bonchev–Trinajstić information content (AvgIpc) is 3.16. The van der Waals surface area contributed by atoms with Crippen LogP contribution in [0.1, 0.15) is 11.1 Å². The summed E-state index contributed by atoms with van der Waals surface area (Å²) < 4.78 is 7.50. The van der Waals surface area contributed by atoms with Gasteiger partial charge >= 0.3 is 0 Å². The number of methoxy groups -OCH3 is 1. The minimum absolute atomic E-state index is 0.806. The zero-order chi connectivity index (χ0) is 20.0. The third-order valence-corrected chi connectivity index (χ3v) is 5.49. The van der Waals surface area contributed by atoms with Crippen LogP contribution in [0.3, 0.4) is 0 Å². The molecule has 0 fully saturated rings. The van der Waals surface area contributed by atoms with E-state index < -0.39 is 0 Å². The minimum atomic E-state index is 0.806. The van der Waals surface area contributed by atoms with Gasteiger partial charge in [-0.05, 0) is 61.4 Å². The van der Waals surface area contributed by atoms with Gasteiger partial charge in [-0.2, -0.15) is 5.10 Å². The monoisotopic (exact) mass is 379 g/mol. The maximum absolute atomic E-state index is 5.48. The Kier molecular flexibility index (Phi) is 4.06. The average molecular weight is 379 g/mol. The van der Waals surface area contributed by atoms with Gasteiger partial charge in [0.2, 0.25) is 0 Å². The summed E-state index contributed by atoms with van der Waals surface area (Å²) in [7, 11) is 1.68. The number of rotatable bonds is 3. The zero-order valence-electron chi connectivity index (χ0n) is 16.7. The van der Waals surface area contributed by atoms with Crippen LogP contribution in [0, 0.1) is 13.8 Å². The quantitative estimate of drug-likeness (QED) is 0.394. The van der Waals surface area contributed by atoms with Gasteiger partial charge in [-0.15, -0.1) is 0 Å². The van der Waals surface area contributed by atoms with Crippen molar-refractivity contribution in [2.24, 2.45) is 0 Å². The van der Waals surface area contributed by atoms with Crippen LogP contribution < -0.4 is 4.74 Å². The molecule has 142 valence electrons. The van der Waals surface area contributed by atoms with Crippen molar-refractivity contribution in [3.8, 4) is 22.7 Å². The molecule has 0 N–H and O–H groups in total. The van der Waals surface area contributed by atoms with Crippen molar-refractivity contribution in [2.75, 3.05) is 7.11 Å². The molecule has 0 spiro atoms. The Balaban J connectivity index is 1.90. The Labute approximate surface area is 169 Å². The van der Waals surface area contributed by atoms with E-state index in [0.29, 0.717) is 0 Å². The summed E-state index contributed by atoms with van der Waals surface area (Å²) in [5, 5.41) is 7.09. The highest BCUT2D eigenvalue weighted by molar-refractivity contribution is 6.09. The largest absolute Gasteiger partial charge is 0.497 e. The van der Waals surface area contributed by atoms with Crippen LogP contribution in [0.4, 0.5) is 0 Å². The van der Waals surface area contributed by atoms with Crippen LogP contribution in [0.5, 0.6) is 5.75 Å². The van der Waals surface area contributed by atoms with Gasteiger partial charge in [0.15, 0.2) is 0 Å². The Morgan fingerprint density at radius 3 is 2.41 bits per heavy atom. The molecule has 0 aliphatic rings. The van der Waals surface area contributed by atoms with Crippen LogP contribution >= 0.6 is 0 Å². The van der Waals surface area contributed by atoms with E-state index in [1.54, 1.807) is 7.11 Å². The number of nitrogens with zero attached hydrogens (tertiary/aromatic N) is 3. The zero-order valence-corrected chi connectivity index (χ0v) is 16.7. The lowest BCUT2D eigenvalue weighted by atomic mass is 10.0. The topological polar surface area (TPSA) is 39.9 Å². The molecule has 2 aromatic heterocycles. The van der Waals surface area contributed by atoms with Gasteiger partial charge in [0, 0.05) is 22.5 Å². The van der Waals surface area contributed by atoms with E-state index in [0.717, 1.165) is 44.5 Å². The van der Waals surface area contributed by atoms with E-state index in [4.69, 9.17) is 14.8 Å². The van der Waals surface area contributed by atoms with Crippen LogP contribution in [0.15, 0.2) is 72.9 Å². The van der Waals surface area contributed by atoms with Gasteiger partial charge in [-0.1, -0.05) is 30.3 Å². The number of fused-ring (bicyclic) bond motifs is 3. The standard InChI is InChI=1S/C25H21N3O/c1-16-9-10-18(13-17(16)2)24-22-15-26-23-12-11-20(29-3)14-21(23)25(22)28(27-24)19-7-5-4-6-8-19/h4-15H,1-3H3. The van der Waals surface area contributed by atoms with E-state index in [-0.39, 0.29) is 0 Å². The molecule has 4 heteroatoms. The molecule has 0 aliphatic heterocycles. The highest BCUT2D eigenvalue weighted by Gasteiger charge is 2.17. The molecule has 3 aromatic carbocycles. The molecule has 0 aliphatic carbocycles. The molecule has 5 aromatic rings. The number of aromatic nitrogens is 3. The predicted octanol–water partition coefficient (Wildman–Crippen LogP) is 5.87. The summed E-state index contributed by atoms with van der Waals surface area (Å²) in [5.74, 6) is 0.806. The van der Waals surface area contributed by atoms with E-state index in [1.807, 2.05) is 47.3 Å². The minimum Gasteiger partial charge on any atom is -0.497 e. The fourth-order valence-electron chi connectivity index (χ4n) is 3.75. The highest BCUT2D eigenvalue weighted by Crippen LogP contribution is 2.35. The van der Waals surface area contributed by atoms with Crippen molar-refractivity contribution in [3.63, 3.8) is 0 Å². The molecule has 2 heterocycles. The van der Waals surface area contributed by atoms with Crippen molar-refractivity contribution >= 4 is 21.8 Å². The molecule has 0 unspecified atom stereocenters. The number of benzene rings is 3. The van der Waals surface area contributed by atoms with Gasteiger partial charge < -0.3 is 4.74 Å². The first-order chi connectivity index (χ1) is 14.2. The Hall–Kier alpha value is -3.66. The summed E-state index contributed by atoms with van der Waals surface area (Å²) >= 11 is 0. The Morgan fingerprint density at radius 2 is 1.66 bits per heavy atom. The fourth-order valence-corrected chi connectivity index (χ4v) is 3.75. The second-order valence-electron chi connectivity index (χ2n) is 7.30. The van der Waals surface area contributed by atoms with Crippen molar-refractivity contribution < 1.29 is 4.74 Å². The lowest BCUT2D eigenvalue weighted by Crippen LogP contribution is -1.97. The van der Waals surface area contributed by atoms with Gasteiger partial charge in [-0.3, -0.25) is 4.98 Å². The molecular weight excluding hydrogens is 358 g/mol. The van der Waals surface area contributed by atoms with Gasteiger partial charge in [0.25, 0.3) is 0 Å². The predicted molar refractivity (Wildman–Crippen MR) is 118 cm³/mol. The van der Waals surface area contributed by atoms with Crippen molar-refractivity contribution in [1.29, 1.82) is 0 Å². The molecule has 4 nitrogen and oxygen atoms in total. The van der Waals surface area contributed by atoms with E-state index in [2.05, 4.69) is 44.2 Å². The Morgan fingerprint density at radius 1 is 0.828 bits per heavy atom. The number of pyridine rings is 1. The third-order valence-electron chi connectivity index (χ3n) is 5.49. The van der Waals surface area contributed by atoms with E-state index in [9.17, 15) is 0 Å². The molecule has 29 heavy (non-hydrogen) atoms. The first kappa shape index (κ1) is 17.4. The number of aryl methyl sites for hydroxylation is 2. The summed E-state index contributed by atoms with van der Waals surface area (Å²) in [6, 6.07) is 22.7. The van der Waals surface area contributed by atoms with Crippen LogP contribution in [0.25, 0.3) is 38.8 Å². The summed E-state index contributed by atoms with van der Waals surface area (Å²) in [6.45, 7) is 4.26. The van der Waals surface area contributed by atoms with Crippen molar-refractivity contribution in [2.45, 2.75) is 13.8 Å². The second-order valence-corrected chi connectivity index (χ2v) is 7.30. The van der Waals surface area contributed by atoms with Crippen molar-refractivity contribution in [1.82, 2.24) is 14.8 Å². The van der Waals surface area contributed by atoms with Gasteiger partial charge in [-0.25, -0.2) is 4.68 Å². The molecule has 5 rings (SSSR count). The maximum Gasteiger partial charge on any atom is 0.119 e. The smallest absolute Gasteiger partial charge is 0.119 e. The number of hydrogen-bond acceptors (Lipinski definition) is 3. The normalized spacial score (nSPS) is 11.3. The van der Waals surface area contributed by atoms with E-state index in [1.165, 1.54) is 11.1 Å². The molecular formula is C25H21N3O. The molecule has 0 amide bonds. The summed E-state index contributed by atoms with van der Waals surface area (Å²) in [5.41, 5.74) is 7.52. The Bertz CT molecular complexity index is 1350. The lowest BCUT2D eigenvalue weighted by Gasteiger charge is -2.07. The second kappa shape index (κ2) is 6.74. The molecule has 0 bridgehead atoms. The number of para-hydroxylation sites is 1. The first-order valence-electron chi connectivity index (χ1n) is 9.64. The van der Waals surface area contributed by atoms with E-state index >= 15 is 0 Å². The summed E-state index contributed by atoms with van der Waals surface area (Å²) in [6.07, 6.45) is 1.93. The van der Waals surface area contributed by atoms with Gasteiger partial charge in [0.1, 0.15) is 11.4 Å². The highest BCUT2D eigenvalue weighted by atomic mass is 16.5. The first-order valence-corrected chi connectivity index (χ1v) is 9.64. The maximum atomic E-state index is 5.48. The van der Waals surface area contributed by atoms with Crippen LogP contribution in [0.2, 0.25) is 0 Å². The van der Waals surface area contributed by atoms with Crippen LogP contribution in [-0.4, -0.2) is 21.9 Å². The fraction of sp³-hybridized carbons (Fsp3) is 0.120. The number of hydrogen-bond donors (Lipinski definition) is 0. The molecule has 0 atom stereocenters. The van der Waals surface area contributed by atoms with Crippen LogP contribution in [-0.2, 0) is 0 Å². The number of ether oxygens (including phenoxy) is 1. The molecule has 0 radical (unpaired) electrons. The third kappa shape index (κ3) is 2.85. The molecule has 0 saturated carbocycles. The van der Waals surface area contributed by atoms with Crippen molar-refractivity contribution in [3.05, 3.63) is 84.1 Å². The summed E-state index contributed by atoms with van der Waals surface area (Å²) in [4.78, 5) is 4.71. The molecule has 0 saturated heterocycles. The lowest BCUT2D eigenvalue weighted by molar-refractivity contribution is 0.415. The SMILES string of the molecule is COc1ccc2ncc3c(-c4ccc(C)c(C)c4)nn(-c4ccccc4)c3c2c1.